The van der Waals surface area contributed by atoms with Crippen LogP contribution in [0.25, 0.3) is 0 Å². The van der Waals surface area contributed by atoms with Crippen LogP contribution in [0.3, 0.4) is 0 Å². The Morgan fingerprint density at radius 1 is 1.25 bits per heavy atom. The summed E-state index contributed by atoms with van der Waals surface area (Å²) in [7, 11) is 0. The van der Waals surface area contributed by atoms with Gasteiger partial charge >= 0.3 is 0 Å². The molecule has 0 saturated carbocycles. The van der Waals surface area contributed by atoms with E-state index in [1.807, 2.05) is 0 Å². The molecule has 92 valence electrons. The summed E-state index contributed by atoms with van der Waals surface area (Å²) in [5.41, 5.74) is 5.53. The molecule has 0 unspecified atom stereocenters. The molecule has 4 nitrogen and oxygen atoms in total. The Kier molecular flexibility index (Phi) is 5.51. The van der Waals surface area contributed by atoms with Gasteiger partial charge in [0.15, 0.2) is 4.34 Å². The topological polar surface area (TPSA) is 55.0 Å². The van der Waals surface area contributed by atoms with Crippen molar-refractivity contribution in [3.8, 4) is 0 Å². The maximum Gasteiger partial charge on any atom is 0.203 e. The fraction of sp³-hybridized carbons (Fsp3) is 0.800. The van der Waals surface area contributed by atoms with Gasteiger partial charge in [0.1, 0.15) is 0 Å². The molecule has 1 rings (SSSR count). The molecule has 16 heavy (non-hydrogen) atoms. The lowest BCUT2D eigenvalue weighted by Crippen LogP contribution is -2.38. The lowest BCUT2D eigenvalue weighted by atomic mass is 10.2. The highest BCUT2D eigenvalue weighted by Crippen LogP contribution is 2.23. The van der Waals surface area contributed by atoms with E-state index in [2.05, 4.69) is 42.8 Å². The van der Waals surface area contributed by atoms with Gasteiger partial charge < -0.3 is 5.73 Å². The summed E-state index contributed by atoms with van der Waals surface area (Å²) in [6.45, 7) is 9.99. The van der Waals surface area contributed by atoms with Crippen LogP contribution in [0.15, 0.2) is 4.34 Å². The minimum Gasteiger partial charge on any atom is -0.374 e. The van der Waals surface area contributed by atoms with E-state index in [1.54, 1.807) is 11.8 Å². The van der Waals surface area contributed by atoms with E-state index in [9.17, 15) is 0 Å². The Bertz CT molecular complexity index is 304. The molecule has 0 fully saturated rings. The van der Waals surface area contributed by atoms with Gasteiger partial charge in [0.25, 0.3) is 0 Å². The van der Waals surface area contributed by atoms with Crippen LogP contribution in [0, 0.1) is 0 Å². The largest absolute Gasteiger partial charge is 0.374 e. The van der Waals surface area contributed by atoms with Crippen LogP contribution >= 0.6 is 23.1 Å². The quantitative estimate of drug-likeness (QED) is 0.796. The molecule has 2 N–H and O–H groups in total. The Labute approximate surface area is 106 Å². The number of aromatic nitrogens is 2. The molecule has 0 atom stereocenters. The molecular weight excluding hydrogens is 240 g/mol. The molecule has 0 aliphatic carbocycles. The number of thioether (sulfide) groups is 1. The number of hydrogen-bond acceptors (Lipinski definition) is 6. The Morgan fingerprint density at radius 2 is 1.88 bits per heavy atom. The molecule has 0 aromatic carbocycles. The van der Waals surface area contributed by atoms with Crippen molar-refractivity contribution in [3.63, 3.8) is 0 Å². The zero-order valence-electron chi connectivity index (χ0n) is 10.3. The monoisotopic (exact) mass is 260 g/mol. The third-order valence-electron chi connectivity index (χ3n) is 2.32. The molecule has 0 spiro atoms. The van der Waals surface area contributed by atoms with E-state index in [4.69, 9.17) is 5.73 Å². The van der Waals surface area contributed by atoms with Crippen molar-refractivity contribution in [2.45, 2.75) is 44.1 Å². The number of hydrogen-bond donors (Lipinski definition) is 1. The zero-order valence-corrected chi connectivity index (χ0v) is 11.9. The van der Waals surface area contributed by atoms with Crippen molar-refractivity contribution in [1.29, 1.82) is 0 Å². The summed E-state index contributed by atoms with van der Waals surface area (Å²) in [6.07, 6.45) is 0. The molecule has 0 aliphatic rings. The van der Waals surface area contributed by atoms with Crippen molar-refractivity contribution in [2.24, 2.45) is 0 Å². The summed E-state index contributed by atoms with van der Waals surface area (Å²) in [5.74, 6) is 1.03. The fourth-order valence-corrected chi connectivity index (χ4v) is 3.29. The number of rotatable bonds is 6. The Balaban J connectivity index is 2.33. The third-order valence-corrected chi connectivity index (χ3v) is 4.19. The van der Waals surface area contributed by atoms with Gasteiger partial charge in [-0.3, -0.25) is 4.90 Å². The predicted molar refractivity (Wildman–Crippen MR) is 72.0 cm³/mol. The van der Waals surface area contributed by atoms with Crippen molar-refractivity contribution in [3.05, 3.63) is 0 Å². The van der Waals surface area contributed by atoms with Crippen LogP contribution in [0.5, 0.6) is 0 Å². The van der Waals surface area contributed by atoms with Crippen LogP contribution in [0.4, 0.5) is 5.13 Å². The normalized spacial score (nSPS) is 11.9. The molecule has 6 heteroatoms. The van der Waals surface area contributed by atoms with E-state index >= 15 is 0 Å². The van der Waals surface area contributed by atoms with Crippen LogP contribution in [-0.2, 0) is 0 Å². The molecule has 1 heterocycles. The van der Waals surface area contributed by atoms with E-state index < -0.39 is 0 Å². The highest BCUT2D eigenvalue weighted by molar-refractivity contribution is 8.01. The molecular formula is C10H20N4S2. The minimum atomic E-state index is 0.548. The highest BCUT2D eigenvalue weighted by Gasteiger charge is 2.13. The maximum absolute atomic E-state index is 5.53. The SMILES string of the molecule is CC(C)N(CCSc1nnc(N)s1)C(C)C. The van der Waals surface area contributed by atoms with Crippen LogP contribution in [-0.4, -0.2) is 39.5 Å². The van der Waals surface area contributed by atoms with Gasteiger partial charge in [-0.15, -0.1) is 10.2 Å². The van der Waals surface area contributed by atoms with Crippen LogP contribution in [0.1, 0.15) is 27.7 Å². The minimum absolute atomic E-state index is 0.548. The van der Waals surface area contributed by atoms with E-state index in [0.29, 0.717) is 17.2 Å². The summed E-state index contributed by atoms with van der Waals surface area (Å²) in [6, 6.07) is 1.17. The van der Waals surface area contributed by atoms with Gasteiger partial charge in [-0.25, -0.2) is 0 Å². The van der Waals surface area contributed by atoms with Gasteiger partial charge in [0.05, 0.1) is 0 Å². The van der Waals surface area contributed by atoms with E-state index in [0.717, 1.165) is 16.6 Å². The van der Waals surface area contributed by atoms with Crippen LogP contribution in [0.2, 0.25) is 0 Å². The number of nitrogen functional groups attached to an aromatic ring is 1. The first-order valence-corrected chi connectivity index (χ1v) is 7.28. The highest BCUT2D eigenvalue weighted by atomic mass is 32.2. The average molecular weight is 260 g/mol. The Morgan fingerprint density at radius 3 is 2.31 bits per heavy atom. The summed E-state index contributed by atoms with van der Waals surface area (Å²) in [5, 5.41) is 8.33. The van der Waals surface area contributed by atoms with Crippen LogP contribution < -0.4 is 5.73 Å². The zero-order chi connectivity index (χ0) is 12.1. The van der Waals surface area contributed by atoms with Crippen molar-refractivity contribution < 1.29 is 0 Å². The molecule has 0 aliphatic heterocycles. The lowest BCUT2D eigenvalue weighted by molar-refractivity contribution is 0.187. The predicted octanol–water partition coefficient (Wildman–Crippen LogP) is 2.33. The van der Waals surface area contributed by atoms with Crippen molar-refractivity contribution >= 4 is 28.2 Å². The van der Waals surface area contributed by atoms with E-state index in [1.165, 1.54) is 11.3 Å². The summed E-state index contributed by atoms with van der Waals surface area (Å²) >= 11 is 3.18. The van der Waals surface area contributed by atoms with Crippen molar-refractivity contribution in [2.75, 3.05) is 18.0 Å². The first-order valence-electron chi connectivity index (χ1n) is 5.48. The summed E-state index contributed by atoms with van der Waals surface area (Å²) in [4.78, 5) is 2.47. The number of nitrogens with two attached hydrogens (primary N) is 1. The van der Waals surface area contributed by atoms with E-state index in [-0.39, 0.29) is 0 Å². The lowest BCUT2D eigenvalue weighted by Gasteiger charge is -2.30. The molecule has 0 amide bonds. The second kappa shape index (κ2) is 6.42. The molecule has 0 bridgehead atoms. The van der Waals surface area contributed by atoms with Gasteiger partial charge in [0, 0.05) is 24.4 Å². The van der Waals surface area contributed by atoms with Gasteiger partial charge in [-0.2, -0.15) is 0 Å². The maximum atomic E-state index is 5.53. The first-order chi connectivity index (χ1) is 7.50. The molecule has 1 aromatic heterocycles. The number of anilines is 1. The van der Waals surface area contributed by atoms with Gasteiger partial charge in [0.2, 0.25) is 5.13 Å². The standard InChI is InChI=1S/C10H20N4S2/c1-7(2)14(8(3)4)5-6-15-10-13-12-9(11)16-10/h7-8H,5-6H2,1-4H3,(H2,11,12). The third kappa shape index (κ3) is 4.27. The van der Waals surface area contributed by atoms with Gasteiger partial charge in [-0.05, 0) is 27.7 Å². The average Bonchev–Trinajstić information content (AvgIpc) is 2.57. The van der Waals surface area contributed by atoms with Crippen molar-refractivity contribution in [1.82, 2.24) is 15.1 Å². The first kappa shape index (κ1) is 13.7. The van der Waals surface area contributed by atoms with Gasteiger partial charge in [-0.1, -0.05) is 23.1 Å². The fourth-order valence-electron chi connectivity index (χ4n) is 1.63. The molecule has 0 saturated heterocycles. The molecule has 1 aromatic rings. The number of nitrogens with zero attached hydrogens (tertiary/aromatic N) is 3. The second-order valence-corrected chi connectivity index (χ2v) is 6.53. The summed E-state index contributed by atoms with van der Waals surface area (Å²) < 4.78 is 0.963. The second-order valence-electron chi connectivity index (χ2n) is 4.18. The smallest absolute Gasteiger partial charge is 0.203 e. The Hall–Kier alpha value is -0.330. The molecule has 0 radical (unpaired) electrons.